The summed E-state index contributed by atoms with van der Waals surface area (Å²) in [5.74, 6) is -0.638. The van der Waals surface area contributed by atoms with E-state index in [9.17, 15) is 22.8 Å². The summed E-state index contributed by atoms with van der Waals surface area (Å²) in [5.41, 5.74) is 0.314. The number of thioether (sulfide) groups is 1. The second kappa shape index (κ2) is 10.8. The van der Waals surface area contributed by atoms with Crippen molar-refractivity contribution in [2.75, 3.05) is 23.0 Å². The third-order valence-corrected chi connectivity index (χ3v) is 5.44. The molecule has 2 amide bonds. The van der Waals surface area contributed by atoms with Gasteiger partial charge in [0.05, 0.1) is 5.75 Å². The molecule has 2 N–H and O–H groups in total. The summed E-state index contributed by atoms with van der Waals surface area (Å²) >= 11 is 2.18. The van der Waals surface area contributed by atoms with Crippen LogP contribution in [0.3, 0.4) is 0 Å². The van der Waals surface area contributed by atoms with Gasteiger partial charge in [-0.1, -0.05) is 41.3 Å². The Morgan fingerprint density at radius 3 is 2.34 bits per heavy atom. The number of hydrogen-bond acceptors (Lipinski definition) is 8. The zero-order valence-electron chi connectivity index (χ0n) is 16.1. The molecule has 0 fully saturated rings. The van der Waals surface area contributed by atoms with Gasteiger partial charge in [0.25, 0.3) is 5.91 Å². The molecule has 2 aromatic carbocycles. The van der Waals surface area contributed by atoms with E-state index in [2.05, 4.69) is 25.6 Å². The van der Waals surface area contributed by atoms with Gasteiger partial charge in [-0.25, -0.2) is 0 Å². The van der Waals surface area contributed by atoms with Crippen molar-refractivity contribution < 1.29 is 32.2 Å². The van der Waals surface area contributed by atoms with E-state index in [1.54, 1.807) is 24.3 Å². The molecule has 0 aliphatic carbocycles. The van der Waals surface area contributed by atoms with Gasteiger partial charge in [-0.05, 0) is 36.4 Å². The van der Waals surface area contributed by atoms with Crippen LogP contribution in [0, 0.1) is 0 Å². The van der Waals surface area contributed by atoms with Crippen LogP contribution in [-0.2, 0) is 9.59 Å². The fraction of sp³-hybridized carbons (Fsp3) is 0.158. The predicted octanol–water partition coefficient (Wildman–Crippen LogP) is 4.19. The van der Waals surface area contributed by atoms with Gasteiger partial charge in [-0.2, -0.15) is 0 Å². The van der Waals surface area contributed by atoms with Crippen molar-refractivity contribution in [2.24, 2.45) is 0 Å². The average Bonchev–Trinajstić information content (AvgIpc) is 3.19. The highest BCUT2D eigenvalue weighted by Gasteiger charge is 2.30. The predicted molar refractivity (Wildman–Crippen MR) is 113 cm³/mol. The number of halogens is 3. The smallest absolute Gasteiger partial charge is 0.484 e. The minimum absolute atomic E-state index is 0.0134. The Morgan fingerprint density at radius 1 is 0.938 bits per heavy atom. The SMILES string of the molecule is O=C(CSc1nnc(NC(=O)COc2ccccc2)s1)Nc1ccc(OC(F)(F)F)cc1. The lowest BCUT2D eigenvalue weighted by Gasteiger charge is -2.09. The fourth-order valence-corrected chi connectivity index (χ4v) is 3.77. The highest BCUT2D eigenvalue weighted by molar-refractivity contribution is 8.01. The number of benzene rings is 2. The molecule has 13 heteroatoms. The van der Waals surface area contributed by atoms with Gasteiger partial charge >= 0.3 is 6.36 Å². The van der Waals surface area contributed by atoms with Crippen LogP contribution in [0.4, 0.5) is 24.0 Å². The minimum Gasteiger partial charge on any atom is -0.484 e. The highest BCUT2D eigenvalue weighted by Crippen LogP contribution is 2.26. The molecule has 0 bridgehead atoms. The van der Waals surface area contributed by atoms with Gasteiger partial charge in [0.15, 0.2) is 10.9 Å². The van der Waals surface area contributed by atoms with Gasteiger partial charge in [0.2, 0.25) is 11.0 Å². The monoisotopic (exact) mass is 484 g/mol. The number of hydrogen-bond donors (Lipinski definition) is 2. The molecule has 1 heterocycles. The number of carbonyl (C=O) groups excluding carboxylic acids is 2. The number of ether oxygens (including phenoxy) is 2. The van der Waals surface area contributed by atoms with Crippen molar-refractivity contribution >= 4 is 45.7 Å². The molecule has 1 aromatic heterocycles. The number of amides is 2. The van der Waals surface area contributed by atoms with Crippen LogP contribution in [0.25, 0.3) is 0 Å². The Balaban J connectivity index is 1.40. The van der Waals surface area contributed by atoms with E-state index < -0.39 is 18.2 Å². The third kappa shape index (κ3) is 8.07. The second-order valence-electron chi connectivity index (χ2n) is 5.93. The van der Waals surface area contributed by atoms with E-state index >= 15 is 0 Å². The summed E-state index contributed by atoms with van der Waals surface area (Å²) in [6.45, 7) is -0.193. The van der Waals surface area contributed by atoms with Crippen LogP contribution in [0.2, 0.25) is 0 Å². The van der Waals surface area contributed by atoms with Crippen LogP contribution in [0.15, 0.2) is 58.9 Å². The van der Waals surface area contributed by atoms with Crippen molar-refractivity contribution in [3.05, 3.63) is 54.6 Å². The Morgan fingerprint density at radius 2 is 1.66 bits per heavy atom. The molecule has 0 aliphatic heterocycles. The van der Waals surface area contributed by atoms with Crippen molar-refractivity contribution in [2.45, 2.75) is 10.7 Å². The summed E-state index contributed by atoms with van der Waals surface area (Å²) in [5, 5.41) is 13.1. The van der Waals surface area contributed by atoms with E-state index in [1.165, 1.54) is 12.1 Å². The number of aromatic nitrogens is 2. The first kappa shape index (κ1) is 23.3. The van der Waals surface area contributed by atoms with Crippen molar-refractivity contribution in [3.8, 4) is 11.5 Å². The van der Waals surface area contributed by atoms with E-state index in [4.69, 9.17) is 4.74 Å². The molecule has 0 saturated carbocycles. The van der Waals surface area contributed by atoms with Crippen LogP contribution in [-0.4, -0.2) is 40.7 Å². The topological polar surface area (TPSA) is 102 Å². The molecule has 32 heavy (non-hydrogen) atoms. The molecule has 0 saturated heterocycles. The third-order valence-electron chi connectivity index (χ3n) is 3.46. The number of carbonyl (C=O) groups is 2. The molecule has 0 aliphatic rings. The Hall–Kier alpha value is -3.32. The van der Waals surface area contributed by atoms with Crippen LogP contribution in [0.1, 0.15) is 0 Å². The lowest BCUT2D eigenvalue weighted by molar-refractivity contribution is -0.274. The quantitative estimate of drug-likeness (QED) is 0.347. The minimum atomic E-state index is -4.78. The summed E-state index contributed by atoms with van der Waals surface area (Å²) in [7, 11) is 0. The number of para-hydroxylation sites is 1. The number of rotatable bonds is 9. The van der Waals surface area contributed by atoms with Crippen LogP contribution in [0.5, 0.6) is 11.5 Å². The summed E-state index contributed by atoms with van der Waals surface area (Å²) in [4.78, 5) is 24.0. The lowest BCUT2D eigenvalue weighted by atomic mass is 10.3. The molecule has 0 spiro atoms. The zero-order valence-corrected chi connectivity index (χ0v) is 17.7. The molecule has 3 aromatic rings. The maximum absolute atomic E-state index is 12.2. The molecule has 8 nitrogen and oxygen atoms in total. The maximum Gasteiger partial charge on any atom is 0.573 e. The molecule has 0 atom stereocenters. The first-order valence-electron chi connectivity index (χ1n) is 8.86. The Labute approximate surface area is 188 Å². The van der Waals surface area contributed by atoms with Crippen molar-refractivity contribution in [3.63, 3.8) is 0 Å². The summed E-state index contributed by atoms with van der Waals surface area (Å²) in [6.07, 6.45) is -4.78. The van der Waals surface area contributed by atoms with Crippen molar-refractivity contribution in [1.82, 2.24) is 10.2 Å². The zero-order chi connectivity index (χ0) is 23.0. The molecule has 0 unspecified atom stereocenters. The number of nitrogens with one attached hydrogen (secondary N) is 2. The molecule has 0 radical (unpaired) electrons. The molecule has 3 rings (SSSR count). The number of alkyl halides is 3. The van der Waals surface area contributed by atoms with Crippen LogP contribution >= 0.6 is 23.1 Å². The van der Waals surface area contributed by atoms with Gasteiger partial charge in [0.1, 0.15) is 11.5 Å². The number of anilines is 2. The number of nitrogens with zero attached hydrogens (tertiary/aromatic N) is 2. The average molecular weight is 484 g/mol. The van der Waals surface area contributed by atoms with Crippen molar-refractivity contribution in [1.29, 1.82) is 0 Å². The Kier molecular flexibility index (Phi) is 7.89. The Bertz CT molecular complexity index is 1050. The summed E-state index contributed by atoms with van der Waals surface area (Å²) in [6, 6.07) is 13.6. The van der Waals surface area contributed by atoms with Gasteiger partial charge in [-0.15, -0.1) is 23.4 Å². The second-order valence-corrected chi connectivity index (χ2v) is 8.13. The van der Waals surface area contributed by atoms with Gasteiger partial charge in [-0.3, -0.25) is 14.9 Å². The van der Waals surface area contributed by atoms with Crippen LogP contribution < -0.4 is 20.1 Å². The normalized spacial score (nSPS) is 11.0. The van der Waals surface area contributed by atoms with E-state index in [1.807, 2.05) is 6.07 Å². The van der Waals surface area contributed by atoms with E-state index in [0.29, 0.717) is 15.8 Å². The molecular weight excluding hydrogens is 469 g/mol. The summed E-state index contributed by atoms with van der Waals surface area (Å²) < 4.78 is 46.0. The first-order chi connectivity index (χ1) is 15.3. The molecule has 168 valence electrons. The lowest BCUT2D eigenvalue weighted by Crippen LogP contribution is -2.20. The van der Waals surface area contributed by atoms with Gasteiger partial charge < -0.3 is 14.8 Å². The van der Waals surface area contributed by atoms with E-state index in [-0.39, 0.29) is 23.2 Å². The largest absolute Gasteiger partial charge is 0.573 e. The van der Waals surface area contributed by atoms with Gasteiger partial charge in [0, 0.05) is 5.69 Å². The highest BCUT2D eigenvalue weighted by atomic mass is 32.2. The first-order valence-corrected chi connectivity index (χ1v) is 10.7. The van der Waals surface area contributed by atoms with E-state index in [0.717, 1.165) is 35.2 Å². The standard InChI is InChI=1S/C19H15F3N4O4S2/c20-19(21,22)30-14-8-6-12(7-9-14)23-16(28)11-31-18-26-25-17(32-18)24-15(27)10-29-13-4-2-1-3-5-13/h1-9H,10-11H2,(H,23,28)(H,24,25,27). The fourth-order valence-electron chi connectivity index (χ4n) is 2.20. The molecular formula is C19H15F3N4O4S2. The maximum atomic E-state index is 12.2.